The van der Waals surface area contributed by atoms with Crippen LogP contribution in [0.3, 0.4) is 0 Å². The number of carbonyl (C=O) groups is 2. The van der Waals surface area contributed by atoms with Crippen LogP contribution in [-0.4, -0.2) is 52.5 Å². The Bertz CT molecular complexity index is 509. The summed E-state index contributed by atoms with van der Waals surface area (Å²) in [6.07, 6.45) is 3.08. The summed E-state index contributed by atoms with van der Waals surface area (Å²) >= 11 is 0. The highest BCUT2D eigenvalue weighted by Crippen LogP contribution is 2.15. The van der Waals surface area contributed by atoms with E-state index < -0.39 is 17.7 Å². The third-order valence-electron chi connectivity index (χ3n) is 2.98. The Labute approximate surface area is 121 Å². The van der Waals surface area contributed by atoms with Gasteiger partial charge in [0.05, 0.1) is 25.5 Å². The van der Waals surface area contributed by atoms with Crippen molar-refractivity contribution in [1.82, 2.24) is 14.9 Å². The van der Waals surface area contributed by atoms with Crippen molar-refractivity contribution in [2.75, 3.05) is 19.7 Å². The summed E-state index contributed by atoms with van der Waals surface area (Å²) < 4.78 is 22.9. The minimum absolute atomic E-state index is 0.0480. The highest BCUT2D eigenvalue weighted by molar-refractivity contribution is 6.32. The first kappa shape index (κ1) is 15.1. The van der Waals surface area contributed by atoms with Gasteiger partial charge in [0.15, 0.2) is 5.82 Å². The molecule has 8 heteroatoms. The lowest BCUT2D eigenvalue weighted by molar-refractivity contribution is -0.161. The molecule has 1 atom stereocenters. The van der Waals surface area contributed by atoms with Crippen molar-refractivity contribution < 1.29 is 23.5 Å². The lowest BCUT2D eigenvalue weighted by atomic mass is 10.1. The number of hydrogen-bond acceptors (Lipinski definition) is 6. The molecule has 114 valence electrons. The Balaban J connectivity index is 1.92. The molecule has 1 aromatic heterocycles. The number of carbonyl (C=O) groups excluding carboxylic acids is 2. The molecule has 2 rings (SSSR count). The van der Waals surface area contributed by atoms with E-state index in [-0.39, 0.29) is 25.3 Å². The van der Waals surface area contributed by atoms with Gasteiger partial charge in [-0.05, 0) is 19.8 Å². The molecule has 1 fully saturated rings. The van der Waals surface area contributed by atoms with Gasteiger partial charge >= 0.3 is 17.9 Å². The van der Waals surface area contributed by atoms with Gasteiger partial charge in [-0.15, -0.1) is 0 Å². The van der Waals surface area contributed by atoms with Gasteiger partial charge in [0.25, 0.3) is 0 Å². The number of piperidine rings is 1. The van der Waals surface area contributed by atoms with Crippen LogP contribution in [0, 0.1) is 5.82 Å². The van der Waals surface area contributed by atoms with E-state index in [2.05, 4.69) is 14.7 Å². The minimum atomic E-state index is -0.865. The standard InChI is InChI=1S/C13H16FN3O4/c1-2-20-12(19)11(18)17-5-3-4-10(8-17)21-13-15-6-9(14)7-16-13/h6-7,10H,2-5,8H2,1H3. The zero-order valence-corrected chi connectivity index (χ0v) is 11.6. The van der Waals surface area contributed by atoms with Crippen LogP contribution in [0.4, 0.5) is 4.39 Å². The number of ether oxygens (including phenoxy) is 2. The normalized spacial score (nSPS) is 18.2. The van der Waals surface area contributed by atoms with E-state index in [9.17, 15) is 14.0 Å². The summed E-state index contributed by atoms with van der Waals surface area (Å²) in [6.45, 7) is 2.51. The predicted molar refractivity (Wildman–Crippen MR) is 68.9 cm³/mol. The number of aromatic nitrogens is 2. The highest BCUT2D eigenvalue weighted by Gasteiger charge is 2.29. The van der Waals surface area contributed by atoms with Gasteiger partial charge in [0.1, 0.15) is 6.10 Å². The predicted octanol–water partition coefficient (Wildman–Crippen LogP) is 0.549. The summed E-state index contributed by atoms with van der Waals surface area (Å²) in [6, 6.07) is 0.0480. The van der Waals surface area contributed by atoms with Crippen LogP contribution in [-0.2, 0) is 14.3 Å². The summed E-state index contributed by atoms with van der Waals surface area (Å²) in [7, 11) is 0. The van der Waals surface area contributed by atoms with Gasteiger partial charge in [-0.1, -0.05) is 0 Å². The van der Waals surface area contributed by atoms with Crippen molar-refractivity contribution in [3.8, 4) is 6.01 Å². The summed E-state index contributed by atoms with van der Waals surface area (Å²) in [5, 5.41) is 0. The monoisotopic (exact) mass is 297 g/mol. The number of hydrogen-bond donors (Lipinski definition) is 0. The molecule has 0 radical (unpaired) electrons. The summed E-state index contributed by atoms with van der Waals surface area (Å²) in [4.78, 5) is 32.1. The Morgan fingerprint density at radius 2 is 2.14 bits per heavy atom. The Kier molecular flexibility index (Phi) is 5.02. The molecule has 2 heterocycles. The molecule has 7 nitrogen and oxygen atoms in total. The Morgan fingerprint density at radius 1 is 1.43 bits per heavy atom. The SMILES string of the molecule is CCOC(=O)C(=O)N1CCCC(Oc2ncc(F)cn2)C1. The van der Waals surface area contributed by atoms with Gasteiger partial charge in [-0.2, -0.15) is 0 Å². The molecule has 0 N–H and O–H groups in total. The smallest absolute Gasteiger partial charge is 0.397 e. The van der Waals surface area contributed by atoms with Crippen molar-refractivity contribution in [3.05, 3.63) is 18.2 Å². The van der Waals surface area contributed by atoms with Crippen molar-refractivity contribution in [1.29, 1.82) is 0 Å². The summed E-state index contributed by atoms with van der Waals surface area (Å²) in [5.41, 5.74) is 0. The van der Waals surface area contributed by atoms with E-state index >= 15 is 0 Å². The van der Waals surface area contributed by atoms with Gasteiger partial charge in [0, 0.05) is 6.54 Å². The fraction of sp³-hybridized carbons (Fsp3) is 0.538. The molecule has 0 aromatic carbocycles. The zero-order valence-electron chi connectivity index (χ0n) is 11.6. The quantitative estimate of drug-likeness (QED) is 0.598. The van der Waals surface area contributed by atoms with E-state index in [0.717, 1.165) is 12.4 Å². The summed E-state index contributed by atoms with van der Waals surface area (Å²) in [5.74, 6) is -2.09. The second-order valence-corrected chi connectivity index (χ2v) is 4.54. The number of nitrogens with zero attached hydrogens (tertiary/aromatic N) is 3. The molecular formula is C13H16FN3O4. The molecule has 1 unspecified atom stereocenters. The maximum absolute atomic E-state index is 12.7. The average molecular weight is 297 g/mol. The van der Waals surface area contributed by atoms with E-state index in [0.29, 0.717) is 19.4 Å². The van der Waals surface area contributed by atoms with E-state index in [1.165, 1.54) is 4.90 Å². The van der Waals surface area contributed by atoms with E-state index in [1.54, 1.807) is 6.92 Å². The van der Waals surface area contributed by atoms with E-state index in [4.69, 9.17) is 4.74 Å². The molecule has 1 amide bonds. The van der Waals surface area contributed by atoms with Gasteiger partial charge < -0.3 is 14.4 Å². The Hall–Kier alpha value is -2.25. The van der Waals surface area contributed by atoms with Crippen LogP contribution in [0.1, 0.15) is 19.8 Å². The molecule has 1 aliphatic heterocycles. The molecule has 1 aromatic rings. The molecule has 0 bridgehead atoms. The van der Waals surface area contributed by atoms with Crippen molar-refractivity contribution in [3.63, 3.8) is 0 Å². The van der Waals surface area contributed by atoms with Crippen LogP contribution in [0.5, 0.6) is 6.01 Å². The third kappa shape index (κ3) is 4.11. The molecule has 1 saturated heterocycles. The second kappa shape index (κ2) is 6.96. The zero-order chi connectivity index (χ0) is 15.2. The minimum Gasteiger partial charge on any atom is -0.459 e. The number of halogens is 1. The molecule has 0 spiro atoms. The van der Waals surface area contributed by atoms with Crippen LogP contribution >= 0.6 is 0 Å². The third-order valence-corrected chi connectivity index (χ3v) is 2.98. The van der Waals surface area contributed by atoms with Crippen molar-refractivity contribution >= 4 is 11.9 Å². The number of rotatable bonds is 3. The first-order valence-electron chi connectivity index (χ1n) is 6.70. The topological polar surface area (TPSA) is 81.6 Å². The van der Waals surface area contributed by atoms with Crippen LogP contribution < -0.4 is 4.74 Å². The lowest BCUT2D eigenvalue weighted by Gasteiger charge is -2.31. The maximum Gasteiger partial charge on any atom is 0.397 e. The molecule has 0 aliphatic carbocycles. The fourth-order valence-corrected chi connectivity index (χ4v) is 2.05. The Morgan fingerprint density at radius 3 is 2.81 bits per heavy atom. The van der Waals surface area contributed by atoms with Crippen molar-refractivity contribution in [2.45, 2.75) is 25.9 Å². The molecular weight excluding hydrogens is 281 g/mol. The number of esters is 1. The number of likely N-dealkylation sites (tertiary alicyclic amines) is 1. The second-order valence-electron chi connectivity index (χ2n) is 4.54. The molecule has 21 heavy (non-hydrogen) atoms. The molecule has 1 aliphatic rings. The van der Waals surface area contributed by atoms with Gasteiger partial charge in [-0.3, -0.25) is 4.79 Å². The number of amides is 1. The van der Waals surface area contributed by atoms with Crippen LogP contribution in [0.15, 0.2) is 12.4 Å². The maximum atomic E-state index is 12.7. The molecule has 0 saturated carbocycles. The first-order valence-corrected chi connectivity index (χ1v) is 6.70. The first-order chi connectivity index (χ1) is 10.1. The fourth-order valence-electron chi connectivity index (χ4n) is 2.05. The van der Waals surface area contributed by atoms with Crippen molar-refractivity contribution in [2.24, 2.45) is 0 Å². The van der Waals surface area contributed by atoms with E-state index in [1.807, 2.05) is 0 Å². The lowest BCUT2D eigenvalue weighted by Crippen LogP contribution is -2.47. The van der Waals surface area contributed by atoms with Crippen LogP contribution in [0.2, 0.25) is 0 Å². The van der Waals surface area contributed by atoms with Crippen LogP contribution in [0.25, 0.3) is 0 Å². The average Bonchev–Trinajstić information content (AvgIpc) is 2.49. The highest BCUT2D eigenvalue weighted by atomic mass is 19.1. The van der Waals surface area contributed by atoms with Gasteiger partial charge in [-0.25, -0.2) is 19.2 Å². The largest absolute Gasteiger partial charge is 0.459 e. The van der Waals surface area contributed by atoms with Gasteiger partial charge in [0.2, 0.25) is 0 Å².